The van der Waals surface area contributed by atoms with Gasteiger partial charge in [0.2, 0.25) is 5.91 Å². The quantitative estimate of drug-likeness (QED) is 0.140. The highest BCUT2D eigenvalue weighted by atomic mass is 35.5. The van der Waals surface area contributed by atoms with Gasteiger partial charge in [-0.25, -0.2) is 0 Å². The lowest BCUT2D eigenvalue weighted by atomic mass is 9.98. The summed E-state index contributed by atoms with van der Waals surface area (Å²) in [6.07, 6.45) is -9.76. The maximum absolute atomic E-state index is 13.8. The van der Waals surface area contributed by atoms with Gasteiger partial charge < -0.3 is 24.8 Å². The Kier molecular flexibility index (Phi) is 13.0. The second-order valence-electron chi connectivity index (χ2n) is 13.7. The normalized spacial score (nSPS) is 16.9. The zero-order chi connectivity index (χ0) is 40.1. The van der Waals surface area contributed by atoms with E-state index in [0.717, 1.165) is 29.8 Å². The van der Waals surface area contributed by atoms with E-state index in [-0.39, 0.29) is 59.7 Å². The molecule has 294 valence electrons. The summed E-state index contributed by atoms with van der Waals surface area (Å²) in [5.74, 6) is -0.603. The Bertz CT molecular complexity index is 1960. The molecule has 2 N–H and O–H groups in total. The molecule has 0 radical (unpaired) electrons. The van der Waals surface area contributed by atoms with Crippen LogP contribution in [0.5, 0.6) is 11.5 Å². The summed E-state index contributed by atoms with van der Waals surface area (Å²) in [7, 11) is 1.88. The van der Waals surface area contributed by atoms with E-state index in [1.807, 2.05) is 31.0 Å². The maximum atomic E-state index is 13.8. The van der Waals surface area contributed by atoms with Crippen LogP contribution in [0.25, 0.3) is 0 Å². The zero-order valence-electron chi connectivity index (χ0n) is 30.2. The largest absolute Gasteiger partial charge is 0.489 e. The third-order valence-electron chi connectivity index (χ3n) is 9.25. The predicted octanol–water partition coefficient (Wildman–Crippen LogP) is 8.49. The molecular formula is C40H40ClF6N3O5. The van der Waals surface area contributed by atoms with Gasteiger partial charge in [-0.05, 0) is 79.7 Å². The highest BCUT2D eigenvalue weighted by Gasteiger charge is 2.35. The molecule has 4 aromatic carbocycles. The molecule has 2 amide bonds. The summed E-state index contributed by atoms with van der Waals surface area (Å²) >= 11 is 6.11. The molecule has 1 aliphatic rings. The third kappa shape index (κ3) is 10.7. The Hall–Kier alpha value is -4.79. The molecule has 0 aromatic heterocycles. The maximum Gasteiger partial charge on any atom is 0.416 e. The van der Waals surface area contributed by atoms with Crippen LogP contribution in [0, 0.1) is 5.92 Å². The number of rotatable bonds is 12. The Morgan fingerprint density at radius 2 is 1.62 bits per heavy atom. The second-order valence-corrected chi connectivity index (χ2v) is 14.1. The van der Waals surface area contributed by atoms with Crippen LogP contribution in [0.1, 0.15) is 52.0 Å². The third-order valence-corrected chi connectivity index (χ3v) is 9.61. The van der Waals surface area contributed by atoms with Gasteiger partial charge in [-0.1, -0.05) is 48.9 Å². The highest BCUT2D eigenvalue weighted by Crippen LogP contribution is 2.36. The fourth-order valence-corrected chi connectivity index (χ4v) is 6.32. The second kappa shape index (κ2) is 17.3. The van der Waals surface area contributed by atoms with Crippen molar-refractivity contribution in [3.63, 3.8) is 0 Å². The first-order valence-electron chi connectivity index (χ1n) is 17.4. The lowest BCUT2D eigenvalue weighted by Crippen LogP contribution is -2.49. The van der Waals surface area contributed by atoms with E-state index in [2.05, 4.69) is 5.32 Å². The number of anilines is 1. The van der Waals surface area contributed by atoms with E-state index < -0.39 is 47.4 Å². The van der Waals surface area contributed by atoms with Crippen LogP contribution in [0.2, 0.25) is 5.02 Å². The van der Waals surface area contributed by atoms with Crippen LogP contribution in [-0.4, -0.2) is 65.6 Å². The van der Waals surface area contributed by atoms with Gasteiger partial charge in [-0.2, -0.15) is 26.3 Å². The Labute approximate surface area is 319 Å². The van der Waals surface area contributed by atoms with Gasteiger partial charge in [-0.3, -0.25) is 14.5 Å². The van der Waals surface area contributed by atoms with Crippen molar-refractivity contribution < 1.29 is 50.5 Å². The standard InChI is InChI=1S/C40H40ClF6N3O5/c1-24-19-50(25(2)22-51)38(53)32-5-4-6-34(48-36(52)17-26-7-11-29(12-8-26)39(42,43)44)37(32)55-35(24)21-49(3)20-27-9-14-31(15-10-27)54-23-28-18-30(40(45,46)47)13-16-33(28)41/h4-16,18,24-25,35,51H,17,19-23H2,1-3H3,(H,48,52)/t24-,25?,35-/m1/s1. The minimum atomic E-state index is -4.51. The SMILES string of the molecule is CC(CO)N1C[C@@H](C)[C@@H](CN(C)Cc2ccc(OCc3cc(C(F)(F)F)ccc3Cl)cc2)Oc2c(NC(=O)Cc3ccc(C(F)(F)F)cc3)cccc2C1=O. The number of amides is 2. The van der Waals surface area contributed by atoms with Crippen molar-refractivity contribution in [2.75, 3.05) is 32.1 Å². The zero-order valence-corrected chi connectivity index (χ0v) is 30.9. The number of nitrogens with zero attached hydrogens (tertiary/aromatic N) is 2. The molecule has 1 unspecified atom stereocenters. The first kappa shape index (κ1) is 41.4. The monoisotopic (exact) mass is 791 g/mol. The molecule has 0 bridgehead atoms. The summed E-state index contributed by atoms with van der Waals surface area (Å²) in [5.41, 5.74) is 0.191. The van der Waals surface area contributed by atoms with Crippen molar-refractivity contribution >= 4 is 29.1 Å². The van der Waals surface area contributed by atoms with E-state index >= 15 is 0 Å². The number of benzene rings is 4. The van der Waals surface area contributed by atoms with E-state index in [1.54, 1.807) is 42.2 Å². The molecule has 0 spiro atoms. The molecule has 55 heavy (non-hydrogen) atoms. The smallest absolute Gasteiger partial charge is 0.416 e. The van der Waals surface area contributed by atoms with E-state index in [1.165, 1.54) is 18.2 Å². The molecule has 5 rings (SSSR count). The van der Waals surface area contributed by atoms with Gasteiger partial charge in [0.1, 0.15) is 18.5 Å². The molecule has 3 atom stereocenters. The van der Waals surface area contributed by atoms with Gasteiger partial charge in [0.05, 0.1) is 41.4 Å². The van der Waals surface area contributed by atoms with Gasteiger partial charge >= 0.3 is 12.4 Å². The average Bonchev–Trinajstić information content (AvgIpc) is 3.12. The Morgan fingerprint density at radius 3 is 2.25 bits per heavy atom. The van der Waals surface area contributed by atoms with Crippen LogP contribution in [0.4, 0.5) is 32.0 Å². The molecular weight excluding hydrogens is 752 g/mol. The number of halogens is 7. The van der Waals surface area contributed by atoms with Crippen LogP contribution >= 0.6 is 11.6 Å². The number of aliphatic hydroxyl groups is 1. The Balaban J connectivity index is 1.30. The molecule has 1 aliphatic heterocycles. The molecule has 0 aliphatic carbocycles. The number of hydrogen-bond acceptors (Lipinski definition) is 6. The van der Waals surface area contributed by atoms with Crippen LogP contribution in [0.15, 0.2) is 84.9 Å². The van der Waals surface area contributed by atoms with Gasteiger partial charge in [0.15, 0.2) is 5.75 Å². The van der Waals surface area contributed by atoms with Gasteiger partial charge in [-0.15, -0.1) is 0 Å². The predicted molar refractivity (Wildman–Crippen MR) is 195 cm³/mol. The van der Waals surface area contributed by atoms with Crippen molar-refractivity contribution in [1.82, 2.24) is 9.80 Å². The molecule has 0 saturated heterocycles. The Morgan fingerprint density at radius 1 is 0.982 bits per heavy atom. The summed E-state index contributed by atoms with van der Waals surface area (Å²) in [5, 5.41) is 12.9. The van der Waals surface area contributed by atoms with Gasteiger partial charge in [0.25, 0.3) is 5.91 Å². The first-order chi connectivity index (χ1) is 25.9. The van der Waals surface area contributed by atoms with Crippen molar-refractivity contribution in [2.24, 2.45) is 5.92 Å². The lowest BCUT2D eigenvalue weighted by Gasteiger charge is -2.38. The minimum absolute atomic E-state index is 0.135. The number of aliphatic hydroxyl groups excluding tert-OH is 1. The fourth-order valence-electron chi connectivity index (χ4n) is 6.15. The number of carbonyl (C=O) groups excluding carboxylic acids is 2. The van der Waals surface area contributed by atoms with Crippen LogP contribution in [0.3, 0.4) is 0 Å². The first-order valence-corrected chi connectivity index (χ1v) is 17.7. The average molecular weight is 792 g/mol. The molecule has 1 heterocycles. The van der Waals surface area contributed by atoms with Crippen molar-refractivity contribution in [3.05, 3.63) is 123 Å². The van der Waals surface area contributed by atoms with E-state index in [9.17, 15) is 41.0 Å². The molecule has 4 aromatic rings. The number of likely N-dealkylation sites (N-methyl/N-ethyl adjacent to an activating group) is 1. The number of ether oxygens (including phenoxy) is 2. The number of fused-ring (bicyclic) bond motifs is 1. The highest BCUT2D eigenvalue weighted by molar-refractivity contribution is 6.31. The fraction of sp³-hybridized carbons (Fsp3) is 0.350. The molecule has 8 nitrogen and oxygen atoms in total. The van der Waals surface area contributed by atoms with Crippen LogP contribution in [-0.2, 0) is 36.7 Å². The molecule has 0 saturated carbocycles. The number of alkyl halides is 6. The van der Waals surface area contributed by atoms with Crippen molar-refractivity contribution in [3.8, 4) is 11.5 Å². The number of carbonyl (C=O) groups is 2. The van der Waals surface area contributed by atoms with Crippen molar-refractivity contribution in [1.29, 1.82) is 0 Å². The molecule has 0 fully saturated rings. The van der Waals surface area contributed by atoms with E-state index in [4.69, 9.17) is 21.1 Å². The van der Waals surface area contributed by atoms with Gasteiger partial charge in [0, 0.05) is 36.1 Å². The lowest BCUT2D eigenvalue weighted by molar-refractivity contribution is -0.138. The summed E-state index contributed by atoms with van der Waals surface area (Å²) in [6, 6.07) is 18.6. The molecule has 15 heteroatoms. The summed E-state index contributed by atoms with van der Waals surface area (Å²) in [6.45, 7) is 4.30. The topological polar surface area (TPSA) is 91.3 Å². The van der Waals surface area contributed by atoms with Crippen LogP contribution < -0.4 is 14.8 Å². The number of para-hydroxylation sites is 1. The summed E-state index contributed by atoms with van der Waals surface area (Å²) in [4.78, 5) is 30.6. The van der Waals surface area contributed by atoms with E-state index in [0.29, 0.717) is 24.4 Å². The minimum Gasteiger partial charge on any atom is -0.489 e. The number of hydrogen-bond donors (Lipinski definition) is 2. The number of nitrogens with one attached hydrogen (secondary N) is 1. The summed E-state index contributed by atoms with van der Waals surface area (Å²) < 4.78 is 90.9. The van der Waals surface area contributed by atoms with Crippen molar-refractivity contribution in [2.45, 2.75) is 57.9 Å².